The first kappa shape index (κ1) is 24.0. The van der Waals surface area contributed by atoms with Crippen molar-refractivity contribution in [3.63, 3.8) is 0 Å². The molecule has 2 heterocycles. The van der Waals surface area contributed by atoms with E-state index < -0.39 is 12.0 Å². The number of carbonyl (C=O) groups is 1. The third-order valence-corrected chi connectivity index (χ3v) is 6.86. The van der Waals surface area contributed by atoms with Gasteiger partial charge in [-0.2, -0.15) is 0 Å². The Bertz CT molecular complexity index is 1470. The number of carbonyl (C=O) groups excluding carboxylic acids is 1. The minimum absolute atomic E-state index is 0.210. The van der Waals surface area contributed by atoms with Crippen molar-refractivity contribution in [2.24, 2.45) is 4.99 Å². The number of fused-ring (bicyclic) bond motifs is 1. The van der Waals surface area contributed by atoms with E-state index in [9.17, 15) is 9.59 Å². The second-order valence-electron chi connectivity index (χ2n) is 7.47. The van der Waals surface area contributed by atoms with Gasteiger partial charge >= 0.3 is 5.97 Å². The minimum atomic E-state index is -0.722. The number of aromatic nitrogens is 1. The van der Waals surface area contributed by atoms with Crippen LogP contribution in [0.4, 0.5) is 0 Å². The summed E-state index contributed by atoms with van der Waals surface area (Å²) in [5.74, 6) is 0.533. The standard InChI is InChI=1S/C25H23BrN2O5S/c1-5-33-24(30)21-14(2)27-25-28(22(21)16-9-10-18(31-3)19(13-16)32-4)23(29)20(34-25)12-15-7-6-8-17(26)11-15/h6-13,22H,5H2,1-4H3. The molecular formula is C25H23BrN2O5S. The largest absolute Gasteiger partial charge is 0.493 e. The van der Waals surface area contributed by atoms with E-state index in [0.717, 1.165) is 10.0 Å². The molecule has 0 fully saturated rings. The van der Waals surface area contributed by atoms with Gasteiger partial charge in [0.05, 0.1) is 42.7 Å². The molecule has 2 aromatic carbocycles. The number of esters is 1. The molecule has 1 aliphatic heterocycles. The summed E-state index contributed by atoms with van der Waals surface area (Å²) < 4.78 is 19.2. The summed E-state index contributed by atoms with van der Waals surface area (Å²) in [6.07, 6.45) is 1.82. The summed E-state index contributed by atoms with van der Waals surface area (Å²) in [5, 5.41) is 0. The van der Waals surface area contributed by atoms with Crippen molar-refractivity contribution >= 4 is 39.3 Å². The number of hydrogen-bond acceptors (Lipinski definition) is 7. The maximum atomic E-state index is 13.6. The molecule has 3 aromatic rings. The van der Waals surface area contributed by atoms with Crippen LogP contribution in [0.15, 0.2) is 68.0 Å². The van der Waals surface area contributed by atoms with Gasteiger partial charge in [0, 0.05) is 4.47 Å². The molecule has 4 rings (SSSR count). The van der Waals surface area contributed by atoms with Crippen molar-refractivity contribution in [1.29, 1.82) is 0 Å². The second kappa shape index (κ2) is 9.99. The van der Waals surface area contributed by atoms with Crippen LogP contribution in [-0.2, 0) is 9.53 Å². The molecule has 0 amide bonds. The molecule has 0 saturated carbocycles. The highest BCUT2D eigenvalue weighted by Gasteiger charge is 2.33. The number of hydrogen-bond donors (Lipinski definition) is 0. The maximum absolute atomic E-state index is 13.6. The summed E-state index contributed by atoms with van der Waals surface area (Å²) in [7, 11) is 3.09. The second-order valence-corrected chi connectivity index (χ2v) is 9.40. The van der Waals surface area contributed by atoms with Gasteiger partial charge < -0.3 is 14.2 Å². The third kappa shape index (κ3) is 4.45. The zero-order valence-electron chi connectivity index (χ0n) is 19.1. The molecule has 0 aliphatic carbocycles. The fourth-order valence-electron chi connectivity index (χ4n) is 3.88. The monoisotopic (exact) mass is 542 g/mol. The highest BCUT2D eigenvalue weighted by Crippen LogP contribution is 2.36. The van der Waals surface area contributed by atoms with Crippen molar-refractivity contribution in [3.8, 4) is 11.5 Å². The Kier molecular flexibility index (Phi) is 7.04. The number of rotatable bonds is 6. The van der Waals surface area contributed by atoms with Gasteiger partial charge in [0.15, 0.2) is 16.3 Å². The van der Waals surface area contributed by atoms with Crippen molar-refractivity contribution in [2.45, 2.75) is 19.9 Å². The van der Waals surface area contributed by atoms with Crippen molar-refractivity contribution < 1.29 is 19.0 Å². The van der Waals surface area contributed by atoms with E-state index in [1.165, 1.54) is 11.3 Å². The van der Waals surface area contributed by atoms with Crippen molar-refractivity contribution in [1.82, 2.24) is 4.57 Å². The quantitative estimate of drug-likeness (QED) is 0.445. The number of thiazole rings is 1. The zero-order chi connectivity index (χ0) is 24.4. The van der Waals surface area contributed by atoms with Crippen LogP contribution in [0.3, 0.4) is 0 Å². The maximum Gasteiger partial charge on any atom is 0.338 e. The first-order chi connectivity index (χ1) is 16.4. The number of allylic oxidation sites excluding steroid dienone is 1. The lowest BCUT2D eigenvalue weighted by molar-refractivity contribution is -0.139. The Morgan fingerprint density at radius 1 is 1.18 bits per heavy atom. The van der Waals surface area contributed by atoms with E-state index in [2.05, 4.69) is 20.9 Å². The van der Waals surface area contributed by atoms with Gasteiger partial charge in [-0.25, -0.2) is 9.79 Å². The number of nitrogens with zero attached hydrogens (tertiary/aromatic N) is 2. The van der Waals surface area contributed by atoms with Crippen molar-refractivity contribution in [2.75, 3.05) is 20.8 Å². The molecule has 9 heteroatoms. The van der Waals surface area contributed by atoms with E-state index in [1.54, 1.807) is 44.8 Å². The van der Waals surface area contributed by atoms with Gasteiger partial charge in [-0.15, -0.1) is 0 Å². The number of methoxy groups -OCH3 is 2. The summed E-state index contributed by atoms with van der Waals surface area (Å²) in [4.78, 5) is 31.8. The molecule has 1 atom stereocenters. The van der Waals surface area contributed by atoms with E-state index in [1.807, 2.05) is 36.4 Å². The zero-order valence-corrected chi connectivity index (χ0v) is 21.5. The van der Waals surface area contributed by atoms with Crippen LogP contribution in [-0.4, -0.2) is 31.4 Å². The van der Waals surface area contributed by atoms with Crippen molar-refractivity contribution in [3.05, 3.63) is 89.0 Å². The molecule has 34 heavy (non-hydrogen) atoms. The van der Waals surface area contributed by atoms with Crippen LogP contribution in [0, 0.1) is 0 Å². The first-order valence-electron chi connectivity index (χ1n) is 10.5. The van der Waals surface area contributed by atoms with Crippen LogP contribution in [0.2, 0.25) is 0 Å². The lowest BCUT2D eigenvalue weighted by atomic mass is 9.95. The average molecular weight is 543 g/mol. The van der Waals surface area contributed by atoms with E-state index in [0.29, 0.717) is 37.7 Å². The molecule has 0 saturated heterocycles. The predicted molar refractivity (Wildman–Crippen MR) is 134 cm³/mol. The molecule has 7 nitrogen and oxygen atoms in total. The molecule has 0 N–H and O–H groups in total. The topological polar surface area (TPSA) is 79.1 Å². The van der Waals surface area contributed by atoms with Gasteiger partial charge in [-0.1, -0.05) is 45.5 Å². The molecule has 176 valence electrons. The summed E-state index contributed by atoms with van der Waals surface area (Å²) in [6, 6.07) is 12.3. The normalized spacial score (nSPS) is 15.6. The summed E-state index contributed by atoms with van der Waals surface area (Å²) >= 11 is 4.74. The van der Waals surface area contributed by atoms with E-state index in [-0.39, 0.29) is 12.2 Å². The Labute approximate surface area is 208 Å². The molecule has 1 aromatic heterocycles. The number of halogens is 1. The molecule has 0 bridgehead atoms. The van der Waals surface area contributed by atoms with Gasteiger partial charge in [-0.3, -0.25) is 9.36 Å². The lowest BCUT2D eigenvalue weighted by Gasteiger charge is -2.25. The smallest absolute Gasteiger partial charge is 0.338 e. The Balaban J connectivity index is 1.97. The van der Waals surface area contributed by atoms with Gasteiger partial charge in [0.1, 0.15) is 0 Å². The van der Waals surface area contributed by atoms with Gasteiger partial charge in [0.2, 0.25) is 0 Å². The number of ether oxygens (including phenoxy) is 3. The molecular weight excluding hydrogens is 520 g/mol. The Morgan fingerprint density at radius 3 is 2.62 bits per heavy atom. The predicted octanol–water partition coefficient (Wildman–Crippen LogP) is 3.58. The molecule has 0 radical (unpaired) electrons. The van der Waals surface area contributed by atoms with Crippen LogP contribution < -0.4 is 24.4 Å². The van der Waals surface area contributed by atoms with Gasteiger partial charge in [-0.05, 0) is 55.3 Å². The first-order valence-corrected chi connectivity index (χ1v) is 12.2. The SMILES string of the molecule is CCOC(=O)C1=C(C)N=c2sc(=Cc3cccc(Br)c3)c(=O)n2C1c1ccc(OC)c(OC)c1. The molecule has 1 aliphatic rings. The lowest BCUT2D eigenvalue weighted by Crippen LogP contribution is -2.39. The average Bonchev–Trinajstić information content (AvgIpc) is 3.12. The Morgan fingerprint density at radius 2 is 1.94 bits per heavy atom. The van der Waals surface area contributed by atoms with Crippen LogP contribution in [0.25, 0.3) is 6.08 Å². The van der Waals surface area contributed by atoms with Crippen LogP contribution >= 0.6 is 27.3 Å². The summed E-state index contributed by atoms with van der Waals surface area (Å²) in [5.41, 5.74) is 2.15. The van der Waals surface area contributed by atoms with Crippen LogP contribution in [0.1, 0.15) is 31.0 Å². The minimum Gasteiger partial charge on any atom is -0.493 e. The molecule has 0 spiro atoms. The molecule has 1 unspecified atom stereocenters. The fraction of sp³-hybridized carbons (Fsp3) is 0.240. The number of benzene rings is 2. The third-order valence-electron chi connectivity index (χ3n) is 5.39. The Hall–Kier alpha value is -3.17. The van der Waals surface area contributed by atoms with Crippen LogP contribution in [0.5, 0.6) is 11.5 Å². The fourth-order valence-corrected chi connectivity index (χ4v) is 5.34. The highest BCUT2D eigenvalue weighted by molar-refractivity contribution is 9.10. The van der Waals surface area contributed by atoms with E-state index in [4.69, 9.17) is 14.2 Å². The summed E-state index contributed by atoms with van der Waals surface area (Å²) in [6.45, 7) is 3.71. The van der Waals surface area contributed by atoms with E-state index >= 15 is 0 Å². The van der Waals surface area contributed by atoms with Gasteiger partial charge in [0.25, 0.3) is 5.56 Å². The highest BCUT2D eigenvalue weighted by atomic mass is 79.9.